The first-order valence-corrected chi connectivity index (χ1v) is 6.81. The summed E-state index contributed by atoms with van der Waals surface area (Å²) in [6.07, 6.45) is -2.54. The van der Waals surface area contributed by atoms with Crippen LogP contribution in [0.4, 0.5) is 13.2 Å². The predicted octanol–water partition coefficient (Wildman–Crippen LogP) is 2.70. The van der Waals surface area contributed by atoms with E-state index in [4.69, 9.17) is 11.6 Å². The van der Waals surface area contributed by atoms with Crippen molar-refractivity contribution in [3.05, 3.63) is 16.9 Å². The van der Waals surface area contributed by atoms with Gasteiger partial charge in [0.2, 0.25) is 0 Å². The third-order valence-corrected chi connectivity index (χ3v) is 3.08. The van der Waals surface area contributed by atoms with Crippen LogP contribution in [-0.4, -0.2) is 48.0 Å². The average molecular weight is 313 g/mol. The molecule has 0 radical (unpaired) electrons. The first-order chi connectivity index (χ1) is 9.27. The van der Waals surface area contributed by atoms with E-state index in [9.17, 15) is 13.2 Å². The van der Waals surface area contributed by atoms with Crippen LogP contribution in [0.15, 0.2) is 6.20 Å². The molecule has 116 valence electrons. The van der Waals surface area contributed by atoms with Crippen molar-refractivity contribution in [3.8, 4) is 0 Å². The first-order valence-electron chi connectivity index (χ1n) is 6.43. The third kappa shape index (κ3) is 4.64. The van der Waals surface area contributed by atoms with Gasteiger partial charge in [-0.2, -0.15) is 18.3 Å². The van der Waals surface area contributed by atoms with Crippen molar-refractivity contribution in [2.75, 3.05) is 27.2 Å². The van der Waals surface area contributed by atoms with E-state index in [0.29, 0.717) is 19.5 Å². The number of halogens is 4. The minimum atomic E-state index is -4.41. The third-order valence-electron chi connectivity index (χ3n) is 2.79. The predicted molar refractivity (Wildman–Crippen MR) is 72.9 cm³/mol. The monoisotopic (exact) mass is 312 g/mol. The van der Waals surface area contributed by atoms with Gasteiger partial charge in [0.15, 0.2) is 0 Å². The fourth-order valence-electron chi connectivity index (χ4n) is 1.79. The van der Waals surface area contributed by atoms with Crippen LogP contribution >= 0.6 is 11.6 Å². The maximum absolute atomic E-state index is 13.2. The van der Waals surface area contributed by atoms with Crippen LogP contribution < -0.4 is 5.32 Å². The average Bonchev–Trinajstić information content (AvgIpc) is 2.67. The normalized spacial score (nSPS) is 14.0. The van der Waals surface area contributed by atoms with Crippen molar-refractivity contribution < 1.29 is 13.2 Å². The Bertz CT molecular complexity index is 417. The second-order valence-corrected chi connectivity index (χ2v) is 5.24. The van der Waals surface area contributed by atoms with E-state index in [1.165, 1.54) is 10.9 Å². The Morgan fingerprint density at radius 2 is 2.10 bits per heavy atom. The van der Waals surface area contributed by atoms with Gasteiger partial charge in [0, 0.05) is 6.54 Å². The fraction of sp³-hybridized carbons (Fsp3) is 0.750. The van der Waals surface area contributed by atoms with Crippen molar-refractivity contribution in [2.45, 2.75) is 32.1 Å². The molecule has 20 heavy (non-hydrogen) atoms. The zero-order chi connectivity index (χ0) is 15.3. The number of likely N-dealkylation sites (N-methyl/N-ethyl adjacent to an activating group) is 1. The lowest BCUT2D eigenvalue weighted by molar-refractivity contribution is -0.159. The molecule has 0 saturated carbocycles. The van der Waals surface area contributed by atoms with Crippen LogP contribution in [0.3, 0.4) is 0 Å². The molecule has 0 aliphatic rings. The smallest absolute Gasteiger partial charge is 0.308 e. The van der Waals surface area contributed by atoms with Gasteiger partial charge in [-0.25, -0.2) is 0 Å². The molecular weight excluding hydrogens is 293 g/mol. The highest BCUT2D eigenvalue weighted by Gasteiger charge is 2.43. The van der Waals surface area contributed by atoms with Gasteiger partial charge >= 0.3 is 6.18 Å². The Labute approximate surface area is 121 Å². The van der Waals surface area contributed by atoms with E-state index >= 15 is 0 Å². The number of aromatic nitrogens is 2. The summed E-state index contributed by atoms with van der Waals surface area (Å²) >= 11 is 5.90. The molecule has 0 aromatic carbocycles. The Morgan fingerprint density at radius 1 is 1.45 bits per heavy atom. The zero-order valence-electron chi connectivity index (χ0n) is 11.8. The van der Waals surface area contributed by atoms with E-state index < -0.39 is 12.2 Å². The minimum absolute atomic E-state index is 0.0190. The van der Waals surface area contributed by atoms with Gasteiger partial charge in [-0.05, 0) is 27.1 Å². The molecule has 1 rings (SSSR count). The van der Waals surface area contributed by atoms with Crippen molar-refractivity contribution >= 4 is 11.6 Å². The molecule has 0 aliphatic heterocycles. The summed E-state index contributed by atoms with van der Waals surface area (Å²) in [5, 5.41) is 6.48. The number of nitrogens with zero attached hydrogens (tertiary/aromatic N) is 3. The SMILES string of the molecule is CCCNC(c1c(Cl)cnn1CCN(C)C)C(F)(F)F. The van der Waals surface area contributed by atoms with Gasteiger partial charge in [-0.3, -0.25) is 4.68 Å². The second-order valence-electron chi connectivity index (χ2n) is 4.83. The maximum Gasteiger partial charge on any atom is 0.409 e. The van der Waals surface area contributed by atoms with Crippen LogP contribution in [-0.2, 0) is 6.54 Å². The first kappa shape index (κ1) is 17.3. The van der Waals surface area contributed by atoms with Crippen molar-refractivity contribution in [2.24, 2.45) is 0 Å². The lowest BCUT2D eigenvalue weighted by Crippen LogP contribution is -2.37. The molecule has 4 nitrogen and oxygen atoms in total. The molecule has 0 bridgehead atoms. The van der Waals surface area contributed by atoms with Gasteiger partial charge in [0.05, 0.1) is 23.5 Å². The number of nitrogens with one attached hydrogen (secondary N) is 1. The Hall–Kier alpha value is -0.790. The van der Waals surface area contributed by atoms with Crippen molar-refractivity contribution in [1.82, 2.24) is 20.0 Å². The van der Waals surface area contributed by atoms with E-state index in [-0.39, 0.29) is 17.3 Å². The van der Waals surface area contributed by atoms with Crippen LogP contribution in [0.5, 0.6) is 0 Å². The van der Waals surface area contributed by atoms with E-state index in [0.717, 1.165) is 0 Å². The summed E-state index contributed by atoms with van der Waals surface area (Å²) in [5.41, 5.74) is -0.0190. The minimum Gasteiger partial charge on any atom is -0.308 e. The molecule has 8 heteroatoms. The maximum atomic E-state index is 13.2. The topological polar surface area (TPSA) is 33.1 Å². The molecule has 1 atom stereocenters. The summed E-state index contributed by atoms with van der Waals surface area (Å²) < 4.78 is 40.9. The lowest BCUT2D eigenvalue weighted by atomic mass is 10.2. The molecule has 1 N–H and O–H groups in total. The van der Waals surface area contributed by atoms with E-state index in [2.05, 4.69) is 10.4 Å². The number of rotatable bonds is 7. The summed E-state index contributed by atoms with van der Waals surface area (Å²) in [6.45, 7) is 3.02. The van der Waals surface area contributed by atoms with Gasteiger partial charge in [-0.15, -0.1) is 0 Å². The van der Waals surface area contributed by atoms with E-state index in [1.807, 2.05) is 25.9 Å². The van der Waals surface area contributed by atoms with Gasteiger partial charge in [0.1, 0.15) is 6.04 Å². The molecule has 1 aromatic rings. The van der Waals surface area contributed by atoms with Crippen LogP contribution in [0.1, 0.15) is 25.1 Å². The summed E-state index contributed by atoms with van der Waals surface area (Å²) in [7, 11) is 3.70. The molecule has 0 spiro atoms. The second kappa shape index (κ2) is 7.28. The Morgan fingerprint density at radius 3 is 2.60 bits per heavy atom. The molecule has 0 aliphatic carbocycles. The molecule has 0 fully saturated rings. The molecule has 0 amide bonds. The molecule has 1 unspecified atom stereocenters. The van der Waals surface area contributed by atoms with Crippen molar-refractivity contribution in [3.63, 3.8) is 0 Å². The quantitative estimate of drug-likeness (QED) is 0.840. The number of hydrogen-bond acceptors (Lipinski definition) is 3. The Balaban J connectivity index is 3.02. The Kier molecular flexibility index (Phi) is 6.29. The largest absolute Gasteiger partial charge is 0.409 e. The highest BCUT2D eigenvalue weighted by Crippen LogP contribution is 2.36. The highest BCUT2D eigenvalue weighted by molar-refractivity contribution is 6.31. The molecule has 1 heterocycles. The zero-order valence-corrected chi connectivity index (χ0v) is 12.6. The van der Waals surface area contributed by atoms with Crippen molar-refractivity contribution in [1.29, 1.82) is 0 Å². The van der Waals surface area contributed by atoms with Gasteiger partial charge < -0.3 is 10.2 Å². The van der Waals surface area contributed by atoms with Crippen LogP contribution in [0.25, 0.3) is 0 Å². The number of alkyl halides is 3. The summed E-state index contributed by atoms with van der Waals surface area (Å²) in [5.74, 6) is 0. The van der Waals surface area contributed by atoms with E-state index in [1.54, 1.807) is 0 Å². The highest BCUT2D eigenvalue weighted by atomic mass is 35.5. The molecular formula is C12H20ClF3N4. The van der Waals surface area contributed by atoms with Gasteiger partial charge in [0.25, 0.3) is 0 Å². The lowest BCUT2D eigenvalue weighted by Gasteiger charge is -2.23. The van der Waals surface area contributed by atoms with Crippen LogP contribution in [0.2, 0.25) is 5.02 Å². The summed E-state index contributed by atoms with van der Waals surface area (Å²) in [6, 6.07) is -1.79. The molecule has 1 aromatic heterocycles. The van der Waals surface area contributed by atoms with Gasteiger partial charge in [-0.1, -0.05) is 18.5 Å². The fourth-order valence-corrected chi connectivity index (χ4v) is 2.04. The standard InChI is InChI=1S/C12H20ClF3N4/c1-4-5-17-11(12(14,15)16)10-9(13)8-18-20(10)7-6-19(2)3/h8,11,17H,4-7H2,1-3H3. The summed E-state index contributed by atoms with van der Waals surface area (Å²) in [4.78, 5) is 1.88. The molecule has 0 saturated heterocycles. The van der Waals surface area contributed by atoms with Crippen LogP contribution in [0, 0.1) is 0 Å². The number of hydrogen-bond donors (Lipinski definition) is 1.